The smallest absolute Gasteiger partial charge is 0.332 e. The van der Waals surface area contributed by atoms with Gasteiger partial charge in [0.2, 0.25) is 10.0 Å². The highest BCUT2D eigenvalue weighted by Crippen LogP contribution is 2.20. The SMILES string of the molecule is CCOC(=O)C(N)C(=O)Nc1ccccc1S(=O)(=O)NC. The topological polar surface area (TPSA) is 128 Å². The molecule has 1 atom stereocenters. The molecule has 4 N–H and O–H groups in total. The molecule has 0 fully saturated rings. The summed E-state index contributed by atoms with van der Waals surface area (Å²) in [7, 11) is -2.50. The van der Waals surface area contributed by atoms with Gasteiger partial charge < -0.3 is 15.8 Å². The standard InChI is InChI=1S/C12H17N3O5S/c1-3-20-12(17)10(13)11(16)15-8-6-4-5-7-9(8)21(18,19)14-2/h4-7,10,14H,3,13H2,1-2H3,(H,15,16). The quantitative estimate of drug-likeness (QED) is 0.476. The maximum atomic E-state index is 11.8. The van der Waals surface area contributed by atoms with Crippen LogP contribution in [0.15, 0.2) is 29.2 Å². The van der Waals surface area contributed by atoms with Crippen LogP contribution in [0.1, 0.15) is 6.92 Å². The maximum absolute atomic E-state index is 11.8. The first kappa shape index (κ1) is 17.1. The summed E-state index contributed by atoms with van der Waals surface area (Å²) in [4.78, 5) is 23.1. The first-order valence-electron chi connectivity index (χ1n) is 6.09. The minimum Gasteiger partial charge on any atom is -0.464 e. The van der Waals surface area contributed by atoms with Gasteiger partial charge in [0, 0.05) is 0 Å². The third-order valence-electron chi connectivity index (χ3n) is 2.53. The number of amides is 1. The predicted octanol–water partition coefficient (Wildman–Crippen LogP) is -0.576. The Balaban J connectivity index is 2.99. The fraction of sp³-hybridized carbons (Fsp3) is 0.333. The Morgan fingerprint density at radius 3 is 2.52 bits per heavy atom. The monoisotopic (exact) mass is 315 g/mol. The first-order chi connectivity index (χ1) is 9.83. The Kier molecular flexibility index (Phi) is 5.82. The van der Waals surface area contributed by atoms with Gasteiger partial charge in [-0.1, -0.05) is 12.1 Å². The molecule has 1 aromatic carbocycles. The molecule has 0 saturated carbocycles. The molecule has 0 aromatic heterocycles. The number of esters is 1. The van der Waals surface area contributed by atoms with E-state index >= 15 is 0 Å². The minimum absolute atomic E-state index is 0.0246. The molecule has 0 heterocycles. The van der Waals surface area contributed by atoms with Crippen LogP contribution >= 0.6 is 0 Å². The van der Waals surface area contributed by atoms with E-state index in [0.29, 0.717) is 0 Å². The Morgan fingerprint density at radius 1 is 1.33 bits per heavy atom. The van der Waals surface area contributed by atoms with Gasteiger partial charge in [0.05, 0.1) is 12.3 Å². The average molecular weight is 315 g/mol. The second kappa shape index (κ2) is 7.16. The first-order valence-corrected chi connectivity index (χ1v) is 7.57. The third kappa shape index (κ3) is 4.25. The summed E-state index contributed by atoms with van der Waals surface area (Å²) in [6.45, 7) is 1.67. The largest absolute Gasteiger partial charge is 0.464 e. The van der Waals surface area contributed by atoms with Crippen LogP contribution in [-0.2, 0) is 24.3 Å². The highest BCUT2D eigenvalue weighted by Gasteiger charge is 2.25. The average Bonchev–Trinajstić information content (AvgIpc) is 2.47. The minimum atomic E-state index is -3.75. The number of hydrogen-bond donors (Lipinski definition) is 3. The van der Waals surface area contributed by atoms with E-state index in [0.717, 1.165) is 0 Å². The number of para-hydroxylation sites is 1. The van der Waals surface area contributed by atoms with Crippen molar-refractivity contribution >= 4 is 27.6 Å². The highest BCUT2D eigenvalue weighted by molar-refractivity contribution is 7.89. The van der Waals surface area contributed by atoms with Gasteiger partial charge >= 0.3 is 5.97 Å². The fourth-order valence-corrected chi connectivity index (χ4v) is 2.35. The zero-order chi connectivity index (χ0) is 16.0. The molecule has 8 nitrogen and oxygen atoms in total. The molecule has 21 heavy (non-hydrogen) atoms. The summed E-state index contributed by atoms with van der Waals surface area (Å²) in [6, 6.07) is 4.22. The molecule has 9 heteroatoms. The molecule has 1 aromatic rings. The van der Waals surface area contributed by atoms with Crippen LogP contribution in [0.2, 0.25) is 0 Å². The van der Waals surface area contributed by atoms with Crippen molar-refractivity contribution in [3.05, 3.63) is 24.3 Å². The molecule has 116 valence electrons. The zero-order valence-electron chi connectivity index (χ0n) is 11.6. The molecule has 0 radical (unpaired) electrons. The van der Waals surface area contributed by atoms with E-state index in [-0.39, 0.29) is 17.2 Å². The van der Waals surface area contributed by atoms with Gasteiger partial charge in [0.15, 0.2) is 6.04 Å². The van der Waals surface area contributed by atoms with E-state index in [1.807, 2.05) is 0 Å². The van der Waals surface area contributed by atoms with Gasteiger partial charge in [0.1, 0.15) is 4.90 Å². The third-order valence-corrected chi connectivity index (χ3v) is 4.00. The lowest BCUT2D eigenvalue weighted by molar-refractivity contribution is -0.146. The van der Waals surface area contributed by atoms with Crippen LogP contribution in [0.4, 0.5) is 5.69 Å². The van der Waals surface area contributed by atoms with Crippen molar-refractivity contribution in [2.24, 2.45) is 5.73 Å². The van der Waals surface area contributed by atoms with Crippen molar-refractivity contribution in [1.82, 2.24) is 4.72 Å². The van der Waals surface area contributed by atoms with Crippen molar-refractivity contribution in [3.8, 4) is 0 Å². The van der Waals surface area contributed by atoms with Gasteiger partial charge in [0.25, 0.3) is 5.91 Å². The number of sulfonamides is 1. The second-order valence-corrected chi connectivity index (χ2v) is 5.78. The zero-order valence-corrected chi connectivity index (χ0v) is 12.4. The Bertz CT molecular complexity index is 630. The summed E-state index contributed by atoms with van der Waals surface area (Å²) in [6.07, 6.45) is 0. The number of rotatable bonds is 6. The van der Waals surface area contributed by atoms with E-state index < -0.39 is 27.9 Å². The van der Waals surface area contributed by atoms with E-state index in [1.165, 1.54) is 25.2 Å². The lowest BCUT2D eigenvalue weighted by atomic mass is 10.2. The number of ether oxygens (including phenoxy) is 1. The number of benzene rings is 1. The van der Waals surface area contributed by atoms with E-state index in [4.69, 9.17) is 5.73 Å². The van der Waals surface area contributed by atoms with Crippen molar-refractivity contribution < 1.29 is 22.7 Å². The van der Waals surface area contributed by atoms with Crippen LogP contribution in [0, 0.1) is 0 Å². The molecule has 0 aliphatic heterocycles. The number of nitrogens with two attached hydrogens (primary N) is 1. The second-order valence-electron chi connectivity index (χ2n) is 3.92. The number of carbonyl (C=O) groups excluding carboxylic acids is 2. The molecule has 0 aliphatic rings. The van der Waals surface area contributed by atoms with Crippen LogP contribution in [0.3, 0.4) is 0 Å². The van der Waals surface area contributed by atoms with E-state index in [1.54, 1.807) is 13.0 Å². The Hall–Kier alpha value is -1.97. The molecule has 0 saturated heterocycles. The van der Waals surface area contributed by atoms with Crippen molar-refractivity contribution in [1.29, 1.82) is 0 Å². The summed E-state index contributed by atoms with van der Waals surface area (Å²) in [5, 5.41) is 2.31. The summed E-state index contributed by atoms with van der Waals surface area (Å²) >= 11 is 0. The fourth-order valence-electron chi connectivity index (χ4n) is 1.46. The maximum Gasteiger partial charge on any atom is 0.332 e. The molecule has 1 rings (SSSR count). The predicted molar refractivity (Wildman–Crippen MR) is 75.9 cm³/mol. The van der Waals surface area contributed by atoms with E-state index in [2.05, 4.69) is 14.8 Å². The van der Waals surface area contributed by atoms with Gasteiger partial charge in [-0.2, -0.15) is 0 Å². The van der Waals surface area contributed by atoms with Gasteiger partial charge in [-0.05, 0) is 26.1 Å². The van der Waals surface area contributed by atoms with Crippen LogP contribution in [0.25, 0.3) is 0 Å². The number of anilines is 1. The van der Waals surface area contributed by atoms with Crippen LogP contribution < -0.4 is 15.8 Å². The number of carbonyl (C=O) groups is 2. The Morgan fingerprint density at radius 2 is 1.95 bits per heavy atom. The molecule has 1 amide bonds. The van der Waals surface area contributed by atoms with Crippen LogP contribution in [-0.4, -0.2) is 40.0 Å². The summed E-state index contributed by atoms with van der Waals surface area (Å²) < 4.78 is 30.4. The molecule has 1 unspecified atom stereocenters. The van der Waals surface area contributed by atoms with Gasteiger partial charge in [-0.15, -0.1) is 0 Å². The van der Waals surface area contributed by atoms with Gasteiger partial charge in [-0.3, -0.25) is 4.79 Å². The van der Waals surface area contributed by atoms with E-state index in [9.17, 15) is 18.0 Å². The molecule has 0 aliphatic carbocycles. The number of nitrogens with one attached hydrogen (secondary N) is 2. The van der Waals surface area contributed by atoms with Crippen LogP contribution in [0.5, 0.6) is 0 Å². The van der Waals surface area contributed by atoms with Crippen molar-refractivity contribution in [2.45, 2.75) is 17.9 Å². The summed E-state index contributed by atoms with van der Waals surface area (Å²) in [5.41, 5.74) is 5.46. The Labute approximate surface area is 122 Å². The van der Waals surface area contributed by atoms with Crippen molar-refractivity contribution in [3.63, 3.8) is 0 Å². The molecule has 0 bridgehead atoms. The lowest BCUT2D eigenvalue weighted by Crippen LogP contribution is -2.43. The molecular weight excluding hydrogens is 298 g/mol. The molecular formula is C12H17N3O5S. The summed E-state index contributed by atoms with van der Waals surface area (Å²) in [5.74, 6) is -1.74. The van der Waals surface area contributed by atoms with Crippen molar-refractivity contribution in [2.75, 3.05) is 19.0 Å². The highest BCUT2D eigenvalue weighted by atomic mass is 32.2. The normalized spacial score (nSPS) is 12.5. The lowest BCUT2D eigenvalue weighted by Gasteiger charge is -2.14. The molecule has 0 spiro atoms. The number of hydrogen-bond acceptors (Lipinski definition) is 6. The van der Waals surface area contributed by atoms with Gasteiger partial charge in [-0.25, -0.2) is 17.9 Å².